The normalized spacial score (nSPS) is 22.9. The van der Waals surface area contributed by atoms with Crippen molar-refractivity contribution in [1.29, 1.82) is 0 Å². The van der Waals surface area contributed by atoms with Gasteiger partial charge in [0, 0.05) is 18.4 Å². The minimum Gasteiger partial charge on any atom is -0.316 e. The molecule has 1 aromatic carbocycles. The molecule has 1 fully saturated rings. The summed E-state index contributed by atoms with van der Waals surface area (Å²) in [5.41, 5.74) is 3.70. The lowest BCUT2D eigenvalue weighted by atomic mass is 10.0. The Kier molecular flexibility index (Phi) is 2.38. The molecular weight excluding hydrogens is 202 g/mol. The maximum atomic E-state index is 5.65. The maximum Gasteiger partial charge on any atom is 0.190 e. The highest BCUT2D eigenvalue weighted by Gasteiger charge is 2.38. The van der Waals surface area contributed by atoms with Crippen LogP contribution in [0.15, 0.2) is 35.3 Å². The summed E-state index contributed by atoms with van der Waals surface area (Å²) in [6.07, 6.45) is 1.85. The van der Waals surface area contributed by atoms with Gasteiger partial charge in [-0.15, -0.1) is 0 Å². The summed E-state index contributed by atoms with van der Waals surface area (Å²) >= 11 is 0. The Labute approximate surface area is 94.7 Å². The van der Waals surface area contributed by atoms with E-state index in [4.69, 9.17) is 9.83 Å². The van der Waals surface area contributed by atoms with Crippen molar-refractivity contribution in [1.82, 2.24) is 10.8 Å². The van der Waals surface area contributed by atoms with E-state index >= 15 is 0 Å². The first-order chi connectivity index (χ1) is 7.88. The quantitative estimate of drug-likeness (QED) is 0.739. The molecule has 2 N–H and O–H groups in total. The average Bonchev–Trinajstić information content (AvgIpc) is 2.75. The topological polar surface area (TPSA) is 45.7 Å². The van der Waals surface area contributed by atoms with Crippen LogP contribution in [0.2, 0.25) is 0 Å². The largest absolute Gasteiger partial charge is 0.316 e. The number of piperidine rings is 1. The Hall–Kier alpha value is -1.39. The van der Waals surface area contributed by atoms with Crippen molar-refractivity contribution in [2.24, 2.45) is 4.99 Å². The first-order valence-electron chi connectivity index (χ1n) is 5.68. The van der Waals surface area contributed by atoms with Crippen LogP contribution in [-0.2, 0) is 4.84 Å². The van der Waals surface area contributed by atoms with Gasteiger partial charge in [-0.25, -0.2) is 15.3 Å². The number of nitrogens with zero attached hydrogens (tertiary/aromatic N) is 1. The van der Waals surface area contributed by atoms with Crippen molar-refractivity contribution in [2.75, 3.05) is 13.1 Å². The Bertz CT molecular complexity index is 396. The lowest BCUT2D eigenvalue weighted by Crippen LogP contribution is -2.41. The smallest absolute Gasteiger partial charge is 0.190 e. The molecule has 0 amide bonds. The highest BCUT2D eigenvalue weighted by Crippen LogP contribution is 2.28. The summed E-state index contributed by atoms with van der Waals surface area (Å²) in [5, 5.41) is 3.31. The Balaban J connectivity index is 1.86. The second-order valence-corrected chi connectivity index (χ2v) is 4.23. The Morgan fingerprint density at radius 1 is 1.12 bits per heavy atom. The van der Waals surface area contributed by atoms with Gasteiger partial charge in [-0.05, 0) is 13.1 Å². The van der Waals surface area contributed by atoms with Crippen molar-refractivity contribution >= 4 is 5.84 Å². The molecule has 0 atom stereocenters. The molecule has 1 aromatic rings. The number of nitrogens with one attached hydrogen (secondary N) is 2. The molecule has 4 heteroatoms. The van der Waals surface area contributed by atoms with Crippen LogP contribution in [0.5, 0.6) is 0 Å². The molecule has 2 aliphatic rings. The summed E-state index contributed by atoms with van der Waals surface area (Å²) in [5.74, 6) is 0.850. The van der Waals surface area contributed by atoms with E-state index < -0.39 is 0 Å². The number of hydrogen-bond acceptors (Lipinski definition) is 4. The Morgan fingerprint density at radius 3 is 2.62 bits per heavy atom. The zero-order chi connectivity index (χ0) is 10.8. The fourth-order valence-corrected chi connectivity index (χ4v) is 2.14. The summed E-state index contributed by atoms with van der Waals surface area (Å²) in [6, 6.07) is 10.1. The van der Waals surface area contributed by atoms with Crippen molar-refractivity contribution in [3.8, 4) is 0 Å². The van der Waals surface area contributed by atoms with E-state index in [9.17, 15) is 0 Å². The van der Waals surface area contributed by atoms with Gasteiger partial charge in [0.1, 0.15) is 0 Å². The van der Waals surface area contributed by atoms with E-state index in [0.717, 1.165) is 37.3 Å². The summed E-state index contributed by atoms with van der Waals surface area (Å²) in [6.45, 7) is 1.93. The molecule has 3 rings (SSSR count). The van der Waals surface area contributed by atoms with Crippen molar-refractivity contribution < 1.29 is 4.84 Å². The number of benzene rings is 1. The monoisotopic (exact) mass is 217 g/mol. The fourth-order valence-electron chi connectivity index (χ4n) is 2.14. The van der Waals surface area contributed by atoms with Crippen molar-refractivity contribution in [2.45, 2.75) is 18.6 Å². The van der Waals surface area contributed by atoms with Gasteiger partial charge in [0.05, 0.1) is 0 Å². The van der Waals surface area contributed by atoms with Gasteiger partial charge in [-0.3, -0.25) is 0 Å². The second kappa shape index (κ2) is 3.88. The predicted molar refractivity (Wildman–Crippen MR) is 62.0 cm³/mol. The second-order valence-electron chi connectivity index (χ2n) is 4.23. The molecular formula is C12H15N3O. The molecule has 0 aliphatic carbocycles. The number of hydrogen-bond donors (Lipinski definition) is 2. The van der Waals surface area contributed by atoms with Crippen LogP contribution in [0.1, 0.15) is 18.4 Å². The highest BCUT2D eigenvalue weighted by atomic mass is 16.7. The zero-order valence-electron chi connectivity index (χ0n) is 9.07. The first kappa shape index (κ1) is 9.81. The van der Waals surface area contributed by atoms with E-state index in [-0.39, 0.29) is 5.72 Å². The molecule has 16 heavy (non-hydrogen) atoms. The third-order valence-electron chi connectivity index (χ3n) is 3.09. The predicted octanol–water partition coefficient (Wildman–Crippen LogP) is 1.05. The van der Waals surface area contributed by atoms with Crippen LogP contribution < -0.4 is 10.8 Å². The van der Waals surface area contributed by atoms with Crippen LogP contribution >= 0.6 is 0 Å². The summed E-state index contributed by atoms with van der Waals surface area (Å²) < 4.78 is 0. The first-order valence-corrected chi connectivity index (χ1v) is 5.68. The molecule has 84 valence electrons. The average molecular weight is 217 g/mol. The molecule has 0 bridgehead atoms. The zero-order valence-corrected chi connectivity index (χ0v) is 9.07. The molecule has 4 nitrogen and oxygen atoms in total. The highest BCUT2D eigenvalue weighted by molar-refractivity contribution is 5.99. The minimum atomic E-state index is -0.337. The molecule has 2 aliphatic heterocycles. The number of rotatable bonds is 1. The van der Waals surface area contributed by atoms with E-state index in [1.165, 1.54) is 0 Å². The van der Waals surface area contributed by atoms with Crippen LogP contribution in [-0.4, -0.2) is 24.7 Å². The molecule has 0 radical (unpaired) electrons. The molecule has 2 heterocycles. The van der Waals surface area contributed by atoms with E-state index in [2.05, 4.69) is 10.8 Å². The van der Waals surface area contributed by atoms with E-state index in [0.29, 0.717) is 0 Å². The minimum absolute atomic E-state index is 0.337. The standard InChI is InChI=1S/C12H15N3O/c1-2-4-10(5-3-1)11-14-12(16-15-11)6-8-13-9-7-12/h1-5,13H,6-9H2,(H,14,15). The van der Waals surface area contributed by atoms with Gasteiger partial charge in [0.15, 0.2) is 11.6 Å². The number of aliphatic imine (C=N–C) groups is 1. The van der Waals surface area contributed by atoms with Crippen LogP contribution in [0.25, 0.3) is 0 Å². The van der Waals surface area contributed by atoms with Crippen molar-refractivity contribution in [3.63, 3.8) is 0 Å². The lowest BCUT2D eigenvalue weighted by molar-refractivity contribution is -0.0720. The van der Waals surface area contributed by atoms with E-state index in [1.807, 2.05) is 30.3 Å². The number of hydroxylamine groups is 1. The van der Waals surface area contributed by atoms with Crippen LogP contribution in [0.4, 0.5) is 0 Å². The maximum absolute atomic E-state index is 5.65. The Morgan fingerprint density at radius 2 is 1.88 bits per heavy atom. The summed E-state index contributed by atoms with van der Waals surface area (Å²) in [7, 11) is 0. The van der Waals surface area contributed by atoms with Gasteiger partial charge in [0.25, 0.3) is 0 Å². The van der Waals surface area contributed by atoms with E-state index in [1.54, 1.807) is 0 Å². The van der Waals surface area contributed by atoms with Crippen molar-refractivity contribution in [3.05, 3.63) is 35.9 Å². The fraction of sp³-hybridized carbons (Fsp3) is 0.417. The number of amidine groups is 1. The van der Waals surface area contributed by atoms with Crippen LogP contribution in [0.3, 0.4) is 0 Å². The van der Waals surface area contributed by atoms with Gasteiger partial charge in [0.2, 0.25) is 0 Å². The van der Waals surface area contributed by atoms with Gasteiger partial charge in [-0.2, -0.15) is 0 Å². The third-order valence-corrected chi connectivity index (χ3v) is 3.09. The third kappa shape index (κ3) is 1.70. The lowest BCUT2D eigenvalue weighted by Gasteiger charge is -2.28. The molecule has 0 unspecified atom stereocenters. The van der Waals surface area contributed by atoms with Gasteiger partial charge in [-0.1, -0.05) is 30.3 Å². The molecule has 0 aromatic heterocycles. The van der Waals surface area contributed by atoms with Gasteiger partial charge >= 0.3 is 0 Å². The molecule has 1 saturated heterocycles. The van der Waals surface area contributed by atoms with Crippen LogP contribution in [0, 0.1) is 0 Å². The molecule has 1 spiro atoms. The summed E-state index contributed by atoms with van der Waals surface area (Å²) in [4.78, 5) is 10.3. The molecule has 0 saturated carbocycles. The van der Waals surface area contributed by atoms with Gasteiger partial charge < -0.3 is 5.32 Å². The SMILES string of the molecule is c1ccc(C2=NC3(CCNCC3)ON2)cc1.